The van der Waals surface area contributed by atoms with Crippen molar-refractivity contribution in [3.05, 3.63) is 22.1 Å². The number of rotatable bonds is 4. The van der Waals surface area contributed by atoms with Crippen LogP contribution in [-0.2, 0) is 11.8 Å². The Balaban J connectivity index is 2.23. The number of amides is 1. The summed E-state index contributed by atoms with van der Waals surface area (Å²) in [4.78, 5) is 13.8. The van der Waals surface area contributed by atoms with Crippen molar-refractivity contribution in [2.24, 2.45) is 7.05 Å². The lowest BCUT2D eigenvalue weighted by Crippen LogP contribution is -2.31. The first kappa shape index (κ1) is 14.2. The summed E-state index contributed by atoms with van der Waals surface area (Å²) < 4.78 is 2.54. The molecule has 0 spiro atoms. The van der Waals surface area contributed by atoms with Gasteiger partial charge in [0.25, 0.3) is 5.91 Å². The van der Waals surface area contributed by atoms with Gasteiger partial charge in [-0.2, -0.15) is 5.10 Å². The van der Waals surface area contributed by atoms with E-state index in [0.29, 0.717) is 17.4 Å². The third-order valence-electron chi connectivity index (χ3n) is 2.92. The Labute approximate surface area is 125 Å². The van der Waals surface area contributed by atoms with E-state index in [4.69, 9.17) is 12.2 Å². The van der Waals surface area contributed by atoms with Crippen LogP contribution in [0.3, 0.4) is 0 Å². The van der Waals surface area contributed by atoms with Gasteiger partial charge < -0.3 is 5.32 Å². The summed E-state index contributed by atoms with van der Waals surface area (Å²) in [5, 5.41) is 7.55. The molecule has 0 saturated carbocycles. The lowest BCUT2D eigenvalue weighted by Gasteiger charge is -2.12. The second-order valence-corrected chi connectivity index (χ2v) is 5.54. The Morgan fingerprint density at radius 2 is 2.32 bits per heavy atom. The van der Waals surface area contributed by atoms with E-state index in [9.17, 15) is 4.79 Å². The molecule has 1 saturated heterocycles. The number of unbranched alkanes of at least 4 members (excludes halogenated alkanes) is 1. The molecule has 102 valence electrons. The number of hydrogen-bond donors (Lipinski definition) is 1. The topological polar surface area (TPSA) is 50.2 Å². The van der Waals surface area contributed by atoms with Crippen LogP contribution in [0, 0.1) is 0 Å². The molecule has 19 heavy (non-hydrogen) atoms. The first-order valence-electron chi connectivity index (χ1n) is 6.06. The molecule has 1 aromatic heterocycles. The maximum Gasteiger partial charge on any atom is 0.276 e. The minimum absolute atomic E-state index is 0.0773. The van der Waals surface area contributed by atoms with Gasteiger partial charge in [-0.05, 0) is 40.6 Å². The summed E-state index contributed by atoms with van der Waals surface area (Å²) in [6.07, 6.45) is 5.42. The van der Waals surface area contributed by atoms with E-state index in [1.165, 1.54) is 0 Å². The minimum atomic E-state index is -0.0773. The molecule has 1 aliphatic rings. The zero-order valence-electron chi connectivity index (χ0n) is 10.8. The van der Waals surface area contributed by atoms with Crippen molar-refractivity contribution in [1.82, 2.24) is 20.0 Å². The number of carbonyl (C=O) groups excluding carboxylic acids is 1. The van der Waals surface area contributed by atoms with Crippen molar-refractivity contribution in [1.29, 1.82) is 0 Å². The molecule has 1 fully saturated rings. The Kier molecular flexibility index (Phi) is 4.36. The van der Waals surface area contributed by atoms with Crippen molar-refractivity contribution in [3.8, 4) is 0 Å². The van der Waals surface area contributed by atoms with Gasteiger partial charge in [-0.15, -0.1) is 0 Å². The summed E-state index contributed by atoms with van der Waals surface area (Å²) in [5.41, 5.74) is 1.32. The molecule has 2 rings (SSSR count). The molecule has 1 amide bonds. The number of halogens is 1. The van der Waals surface area contributed by atoms with E-state index in [2.05, 4.69) is 33.3 Å². The molecule has 0 unspecified atom stereocenters. The molecule has 0 bridgehead atoms. The van der Waals surface area contributed by atoms with E-state index < -0.39 is 0 Å². The predicted octanol–water partition coefficient (Wildman–Crippen LogP) is 2.04. The predicted molar refractivity (Wildman–Crippen MR) is 81.2 cm³/mol. The lowest BCUT2D eigenvalue weighted by atomic mass is 10.3. The molecular weight excluding hydrogens is 328 g/mol. The van der Waals surface area contributed by atoms with Gasteiger partial charge >= 0.3 is 0 Å². The molecule has 0 radical (unpaired) electrons. The smallest absolute Gasteiger partial charge is 0.276 e. The molecule has 1 aromatic rings. The highest BCUT2D eigenvalue weighted by Crippen LogP contribution is 2.20. The second-order valence-electron chi connectivity index (χ2n) is 4.30. The van der Waals surface area contributed by atoms with Crippen molar-refractivity contribution < 1.29 is 4.79 Å². The normalized spacial score (nSPS) is 17.4. The van der Waals surface area contributed by atoms with Crippen LogP contribution in [0.4, 0.5) is 0 Å². The maximum atomic E-state index is 12.2. The summed E-state index contributed by atoms with van der Waals surface area (Å²) >= 11 is 8.59. The van der Waals surface area contributed by atoms with Gasteiger partial charge in [-0.1, -0.05) is 13.3 Å². The third kappa shape index (κ3) is 2.87. The van der Waals surface area contributed by atoms with Crippen molar-refractivity contribution in [2.45, 2.75) is 19.8 Å². The van der Waals surface area contributed by atoms with Crippen LogP contribution in [0.5, 0.6) is 0 Å². The van der Waals surface area contributed by atoms with Gasteiger partial charge in [0.2, 0.25) is 0 Å². The van der Waals surface area contributed by atoms with E-state index >= 15 is 0 Å². The number of carbonyl (C=O) groups is 1. The first-order chi connectivity index (χ1) is 9.04. The van der Waals surface area contributed by atoms with Crippen LogP contribution < -0.4 is 5.32 Å². The molecule has 2 heterocycles. The van der Waals surface area contributed by atoms with Crippen LogP contribution in [0.1, 0.15) is 25.5 Å². The number of thiocarbonyl (C=S) groups is 1. The summed E-state index contributed by atoms with van der Waals surface area (Å²) in [6, 6.07) is 0. The highest BCUT2D eigenvalue weighted by Gasteiger charge is 2.30. The zero-order chi connectivity index (χ0) is 14.0. The number of nitrogens with zero attached hydrogens (tertiary/aromatic N) is 3. The van der Waals surface area contributed by atoms with Gasteiger partial charge in [0.1, 0.15) is 5.70 Å². The molecule has 1 N–H and O–H groups in total. The van der Waals surface area contributed by atoms with Crippen LogP contribution in [0.25, 0.3) is 6.08 Å². The minimum Gasteiger partial charge on any atom is -0.328 e. The highest BCUT2D eigenvalue weighted by atomic mass is 79.9. The average Bonchev–Trinajstić information content (AvgIpc) is 2.82. The van der Waals surface area contributed by atoms with Crippen molar-refractivity contribution in [2.75, 3.05) is 6.54 Å². The first-order valence-corrected chi connectivity index (χ1v) is 7.26. The molecule has 0 aliphatic carbocycles. The van der Waals surface area contributed by atoms with Gasteiger partial charge in [0.15, 0.2) is 5.11 Å². The SMILES string of the molecule is CCCCN1C(=O)/C(=C\c2c(Br)cnn2C)NC1=S. The van der Waals surface area contributed by atoms with E-state index in [-0.39, 0.29) is 5.91 Å². The largest absolute Gasteiger partial charge is 0.328 e. The van der Waals surface area contributed by atoms with Crippen LogP contribution in [0.2, 0.25) is 0 Å². The van der Waals surface area contributed by atoms with E-state index in [1.807, 2.05) is 7.05 Å². The number of nitrogens with one attached hydrogen (secondary N) is 1. The zero-order valence-corrected chi connectivity index (χ0v) is 13.2. The van der Waals surface area contributed by atoms with Crippen molar-refractivity contribution >= 4 is 45.2 Å². The quantitative estimate of drug-likeness (QED) is 0.672. The Bertz CT molecular complexity index is 532. The van der Waals surface area contributed by atoms with Crippen molar-refractivity contribution in [3.63, 3.8) is 0 Å². The van der Waals surface area contributed by atoms with E-state index in [1.54, 1.807) is 21.9 Å². The fourth-order valence-electron chi connectivity index (χ4n) is 1.81. The lowest BCUT2D eigenvalue weighted by molar-refractivity contribution is -0.122. The number of hydrogen-bond acceptors (Lipinski definition) is 3. The summed E-state index contributed by atoms with van der Waals surface area (Å²) in [6.45, 7) is 2.74. The summed E-state index contributed by atoms with van der Waals surface area (Å²) in [5.74, 6) is -0.0773. The maximum absolute atomic E-state index is 12.2. The van der Waals surface area contributed by atoms with E-state index in [0.717, 1.165) is 23.0 Å². The molecular formula is C12H15BrN4OS. The van der Waals surface area contributed by atoms with Gasteiger partial charge in [0, 0.05) is 13.6 Å². The Morgan fingerprint density at radius 1 is 1.58 bits per heavy atom. The van der Waals surface area contributed by atoms with Gasteiger partial charge in [-0.3, -0.25) is 14.4 Å². The molecule has 5 nitrogen and oxygen atoms in total. The van der Waals surface area contributed by atoms with Crippen LogP contribution in [0.15, 0.2) is 16.4 Å². The van der Waals surface area contributed by atoms with Gasteiger partial charge in [0.05, 0.1) is 16.4 Å². The molecule has 0 atom stereocenters. The number of aryl methyl sites for hydroxylation is 1. The third-order valence-corrected chi connectivity index (χ3v) is 3.85. The average molecular weight is 343 g/mol. The fourth-order valence-corrected chi connectivity index (χ4v) is 2.56. The molecule has 7 heteroatoms. The van der Waals surface area contributed by atoms with Gasteiger partial charge in [-0.25, -0.2) is 0 Å². The summed E-state index contributed by atoms with van der Waals surface area (Å²) in [7, 11) is 1.82. The monoisotopic (exact) mass is 342 g/mol. The molecule has 0 aromatic carbocycles. The van der Waals surface area contributed by atoms with Crippen LogP contribution >= 0.6 is 28.1 Å². The number of aromatic nitrogens is 2. The molecule has 1 aliphatic heterocycles. The highest BCUT2D eigenvalue weighted by molar-refractivity contribution is 9.10. The second kappa shape index (κ2) is 5.83. The Morgan fingerprint density at radius 3 is 2.89 bits per heavy atom. The van der Waals surface area contributed by atoms with Crippen LogP contribution in [-0.4, -0.2) is 32.2 Å². The standard InChI is InChI=1S/C12H15BrN4OS/c1-3-4-5-17-11(18)9(15-12(17)19)6-10-8(13)7-14-16(10)2/h6-7H,3-5H2,1-2H3,(H,15,19)/b9-6+. The fraction of sp³-hybridized carbons (Fsp3) is 0.417. The Hall–Kier alpha value is -1.21.